The van der Waals surface area contributed by atoms with E-state index in [4.69, 9.17) is 0 Å². The Hall–Kier alpha value is 0.0400. The van der Waals surface area contributed by atoms with E-state index in [9.17, 15) is 9.90 Å². The molecule has 0 saturated heterocycles. The maximum absolute atomic E-state index is 11.3. The van der Waals surface area contributed by atoms with Gasteiger partial charge < -0.3 is 15.7 Å². The number of nitrogens with one attached hydrogen (secondary N) is 2. The molecule has 0 aliphatic carbocycles. The molecule has 0 aliphatic heterocycles. The third-order valence-electron chi connectivity index (χ3n) is 1.61. The number of carbonyl (C=O) groups is 1. The van der Waals surface area contributed by atoms with Crippen LogP contribution < -0.4 is 10.6 Å². The molecule has 0 aliphatic rings. The second-order valence-electron chi connectivity index (χ2n) is 2.68. The average Bonchev–Trinajstić information content (AvgIpc) is 2.13. The lowest BCUT2D eigenvalue weighted by Crippen LogP contribution is -2.49. The third kappa shape index (κ3) is 5.70. The SMILES string of the molecule is CNC(C(=O)NCCOOI)C(C)O. The first-order valence-electron chi connectivity index (χ1n) is 4.16. The second kappa shape index (κ2) is 8.36. The number of aliphatic hydroxyl groups is 1. The molecule has 0 heterocycles. The number of rotatable bonds is 7. The number of halogens is 1. The third-order valence-corrected chi connectivity index (χ3v) is 1.86. The number of amides is 1. The quantitative estimate of drug-likeness (QED) is 0.252. The van der Waals surface area contributed by atoms with Crippen LogP contribution >= 0.6 is 23.0 Å². The zero-order valence-corrected chi connectivity index (χ0v) is 10.3. The van der Waals surface area contributed by atoms with Gasteiger partial charge in [0.25, 0.3) is 0 Å². The van der Waals surface area contributed by atoms with Gasteiger partial charge in [0.15, 0.2) is 23.0 Å². The fraction of sp³-hybridized carbons (Fsp3) is 0.857. The molecule has 0 aromatic heterocycles. The van der Waals surface area contributed by atoms with Crippen molar-refractivity contribution in [3.63, 3.8) is 0 Å². The van der Waals surface area contributed by atoms with E-state index in [1.807, 2.05) is 0 Å². The fourth-order valence-corrected chi connectivity index (χ4v) is 1.13. The molecule has 7 heteroatoms. The van der Waals surface area contributed by atoms with Crippen LogP contribution in [0.2, 0.25) is 0 Å². The zero-order valence-electron chi connectivity index (χ0n) is 8.12. The van der Waals surface area contributed by atoms with Gasteiger partial charge >= 0.3 is 0 Å². The summed E-state index contributed by atoms with van der Waals surface area (Å²) in [4.78, 5) is 15.9. The van der Waals surface area contributed by atoms with E-state index < -0.39 is 12.1 Å². The maximum atomic E-state index is 11.3. The van der Waals surface area contributed by atoms with E-state index in [1.165, 1.54) is 0 Å². The van der Waals surface area contributed by atoms with E-state index in [2.05, 4.69) is 18.7 Å². The molecule has 0 rings (SSSR count). The predicted octanol–water partition coefficient (Wildman–Crippen LogP) is -0.630. The molecule has 0 spiro atoms. The van der Waals surface area contributed by atoms with Gasteiger partial charge in [-0.2, -0.15) is 3.22 Å². The van der Waals surface area contributed by atoms with E-state index in [1.54, 1.807) is 37.0 Å². The molecular formula is C7H15IN2O4. The number of likely N-dealkylation sites (N-methyl/N-ethyl adjacent to an activating group) is 1. The lowest BCUT2D eigenvalue weighted by atomic mass is 10.2. The Morgan fingerprint density at radius 3 is 2.71 bits per heavy atom. The van der Waals surface area contributed by atoms with Crippen LogP contribution in [0, 0.1) is 0 Å². The summed E-state index contributed by atoms with van der Waals surface area (Å²) in [6.07, 6.45) is -0.734. The highest BCUT2D eigenvalue weighted by Crippen LogP contribution is 1.91. The van der Waals surface area contributed by atoms with E-state index >= 15 is 0 Å². The molecule has 3 N–H and O–H groups in total. The smallest absolute Gasteiger partial charge is 0.239 e. The van der Waals surface area contributed by atoms with Crippen molar-refractivity contribution in [1.82, 2.24) is 10.6 Å². The summed E-state index contributed by atoms with van der Waals surface area (Å²) in [5.41, 5.74) is 0. The number of hydrogen-bond donors (Lipinski definition) is 3. The van der Waals surface area contributed by atoms with Crippen LogP contribution in [-0.4, -0.2) is 43.4 Å². The Morgan fingerprint density at radius 2 is 2.29 bits per heavy atom. The van der Waals surface area contributed by atoms with Crippen molar-refractivity contribution in [1.29, 1.82) is 0 Å². The topological polar surface area (TPSA) is 79.8 Å². The van der Waals surface area contributed by atoms with Gasteiger partial charge in [-0.1, -0.05) is 0 Å². The highest BCUT2D eigenvalue weighted by molar-refractivity contribution is 14.1. The van der Waals surface area contributed by atoms with E-state index in [0.717, 1.165) is 0 Å². The normalized spacial score (nSPS) is 14.9. The molecule has 0 aromatic rings. The molecule has 0 bridgehead atoms. The monoisotopic (exact) mass is 318 g/mol. The second-order valence-corrected chi connectivity index (χ2v) is 3.04. The molecule has 0 fully saturated rings. The van der Waals surface area contributed by atoms with Crippen LogP contribution in [0.5, 0.6) is 0 Å². The molecule has 84 valence electrons. The molecule has 0 aromatic carbocycles. The largest absolute Gasteiger partial charge is 0.391 e. The summed E-state index contributed by atoms with van der Waals surface area (Å²) in [5.74, 6) is -0.264. The minimum atomic E-state index is -0.734. The van der Waals surface area contributed by atoms with Crippen molar-refractivity contribution >= 4 is 28.9 Å². The summed E-state index contributed by atoms with van der Waals surface area (Å²) >= 11 is 1.59. The van der Waals surface area contributed by atoms with Crippen molar-refractivity contribution in [2.45, 2.75) is 19.1 Å². The molecule has 14 heavy (non-hydrogen) atoms. The van der Waals surface area contributed by atoms with Crippen molar-refractivity contribution in [2.75, 3.05) is 20.2 Å². The molecule has 6 nitrogen and oxygen atoms in total. The van der Waals surface area contributed by atoms with E-state index in [-0.39, 0.29) is 12.5 Å². The Balaban J connectivity index is 3.70. The molecular weight excluding hydrogens is 303 g/mol. The average molecular weight is 318 g/mol. The zero-order chi connectivity index (χ0) is 11.0. The molecule has 0 saturated carbocycles. The first kappa shape index (κ1) is 14.0. The summed E-state index contributed by atoms with van der Waals surface area (Å²) in [7, 11) is 1.61. The maximum Gasteiger partial charge on any atom is 0.239 e. The van der Waals surface area contributed by atoms with Gasteiger partial charge in [0.2, 0.25) is 5.91 Å². The minimum Gasteiger partial charge on any atom is -0.391 e. The van der Waals surface area contributed by atoms with E-state index in [0.29, 0.717) is 6.54 Å². The van der Waals surface area contributed by atoms with Crippen LogP contribution in [0.15, 0.2) is 0 Å². The van der Waals surface area contributed by atoms with Crippen LogP contribution in [0.1, 0.15) is 6.92 Å². The van der Waals surface area contributed by atoms with Gasteiger partial charge in [0.1, 0.15) is 12.6 Å². The summed E-state index contributed by atoms with van der Waals surface area (Å²) < 4.78 is 4.31. The summed E-state index contributed by atoms with van der Waals surface area (Å²) in [6.45, 7) is 2.16. The van der Waals surface area contributed by atoms with Crippen LogP contribution in [0.4, 0.5) is 0 Å². The van der Waals surface area contributed by atoms with Crippen LogP contribution in [0.3, 0.4) is 0 Å². The van der Waals surface area contributed by atoms with Crippen LogP contribution in [-0.2, 0) is 12.9 Å². The highest BCUT2D eigenvalue weighted by atomic mass is 127. The van der Waals surface area contributed by atoms with Gasteiger partial charge in [-0.15, -0.1) is 0 Å². The summed E-state index contributed by atoms with van der Waals surface area (Å²) in [6, 6.07) is -0.601. The Kier molecular flexibility index (Phi) is 8.38. The first-order valence-corrected chi connectivity index (χ1v) is 5.04. The molecule has 2 unspecified atom stereocenters. The number of carbonyl (C=O) groups excluding carboxylic acids is 1. The Labute approximate surface area is 97.0 Å². The first-order chi connectivity index (χ1) is 6.63. The Bertz CT molecular complexity index is 168. The van der Waals surface area contributed by atoms with Crippen molar-refractivity contribution in [2.24, 2.45) is 0 Å². The fourth-order valence-electron chi connectivity index (χ4n) is 0.949. The highest BCUT2D eigenvalue weighted by Gasteiger charge is 2.20. The van der Waals surface area contributed by atoms with Gasteiger partial charge in [-0.05, 0) is 14.0 Å². The van der Waals surface area contributed by atoms with Gasteiger partial charge in [-0.25, -0.2) is 4.89 Å². The van der Waals surface area contributed by atoms with Gasteiger partial charge in [0.05, 0.1) is 6.10 Å². The predicted molar refractivity (Wildman–Crippen MR) is 58.6 cm³/mol. The van der Waals surface area contributed by atoms with Crippen molar-refractivity contribution < 1.29 is 18.0 Å². The molecule has 1 amide bonds. The standard InChI is InChI=1S/C7H15IN2O4/c1-5(11)6(9-2)7(12)10-3-4-13-14-8/h5-6,9,11H,3-4H2,1-2H3,(H,10,12). The lowest BCUT2D eigenvalue weighted by Gasteiger charge is -2.18. The van der Waals surface area contributed by atoms with Crippen LogP contribution in [0.25, 0.3) is 0 Å². The molecule has 0 radical (unpaired) electrons. The number of hydrogen-bond acceptors (Lipinski definition) is 5. The summed E-state index contributed by atoms with van der Waals surface area (Å²) in [5, 5.41) is 14.5. The minimum absolute atomic E-state index is 0.264. The van der Waals surface area contributed by atoms with Crippen molar-refractivity contribution in [3.05, 3.63) is 0 Å². The Morgan fingerprint density at radius 1 is 1.64 bits per heavy atom. The lowest BCUT2D eigenvalue weighted by molar-refractivity contribution is -0.164. The van der Waals surface area contributed by atoms with Crippen molar-refractivity contribution in [3.8, 4) is 0 Å². The number of aliphatic hydroxyl groups excluding tert-OH is 1. The van der Waals surface area contributed by atoms with Gasteiger partial charge in [-0.3, -0.25) is 4.79 Å². The molecule has 2 atom stereocenters. The van der Waals surface area contributed by atoms with Gasteiger partial charge in [0, 0.05) is 6.54 Å².